The molecule has 0 aliphatic heterocycles. The second-order valence-electron chi connectivity index (χ2n) is 14.9. The van der Waals surface area contributed by atoms with E-state index >= 15 is 0 Å². The summed E-state index contributed by atoms with van der Waals surface area (Å²) in [7, 11) is -3.14. The molecular formula is C52H34N4OSi. The number of benzene rings is 7. The highest BCUT2D eigenvalue weighted by molar-refractivity contribution is 7.19. The fourth-order valence-electron chi connectivity index (χ4n) is 9.53. The molecule has 0 aliphatic rings. The standard InChI is InChI=1S/C52H34N4OSi/c1-5-20-44-39(16-1)40-17-2-6-21-45(40)55(44)35-26-28-37(29-27-35)58(49-24-9-11-32-53-49,50-25-10-12-33-54-50)38-15-13-14-36(34-38)56-46-22-7-3-18-41(46)42-30-31-48-51(52(42)56)43-19-4-8-23-47(43)57-48/h1-34H. The number of fused-ring (bicyclic) bond motifs is 10. The van der Waals surface area contributed by atoms with Gasteiger partial charge in [-0.05, 0) is 95.3 Å². The molecule has 0 radical (unpaired) electrons. The van der Waals surface area contributed by atoms with Gasteiger partial charge in [-0.25, -0.2) is 0 Å². The average Bonchev–Trinajstić information content (AvgIpc) is 3.96. The minimum absolute atomic E-state index is 0.878. The van der Waals surface area contributed by atoms with E-state index in [4.69, 9.17) is 14.4 Å². The molecular weight excluding hydrogens is 725 g/mol. The lowest BCUT2D eigenvalue weighted by atomic mass is 10.1. The first-order valence-corrected chi connectivity index (χ1v) is 21.7. The SMILES string of the molecule is c1ccc([Si](c2ccc(-n3c4ccccc4c4ccccc43)cc2)(c2cccc(-n3c4ccccc4c4ccc5oc6ccccc6c5c43)c2)c2ccccn2)nc1. The molecule has 0 atom stereocenters. The van der Waals surface area contributed by atoms with Crippen LogP contribution >= 0.6 is 0 Å². The van der Waals surface area contributed by atoms with E-state index in [0.717, 1.165) is 55.0 Å². The number of pyridine rings is 2. The van der Waals surface area contributed by atoms with Crippen LogP contribution < -0.4 is 21.0 Å². The van der Waals surface area contributed by atoms with Crippen molar-refractivity contribution in [1.82, 2.24) is 19.1 Å². The number of para-hydroxylation sites is 4. The maximum Gasteiger partial charge on any atom is 0.223 e. The van der Waals surface area contributed by atoms with Crippen molar-refractivity contribution in [3.8, 4) is 11.4 Å². The Kier molecular flexibility index (Phi) is 7.18. The van der Waals surface area contributed by atoms with E-state index in [-0.39, 0.29) is 0 Å². The maximum atomic E-state index is 6.46. The molecule has 5 aromatic heterocycles. The Labute approximate surface area is 334 Å². The van der Waals surface area contributed by atoms with Gasteiger partial charge in [-0.1, -0.05) is 109 Å². The quantitative estimate of drug-likeness (QED) is 0.159. The molecule has 7 aromatic carbocycles. The normalized spacial score (nSPS) is 12.1. The Hall–Kier alpha value is -7.54. The second kappa shape index (κ2) is 12.7. The number of nitrogens with zero attached hydrogens (tertiary/aromatic N) is 4. The first-order chi connectivity index (χ1) is 28.8. The van der Waals surface area contributed by atoms with E-state index in [9.17, 15) is 0 Å². The van der Waals surface area contributed by atoms with Crippen LogP contribution in [-0.4, -0.2) is 27.2 Å². The Bertz CT molecular complexity index is 3420. The van der Waals surface area contributed by atoms with Crippen molar-refractivity contribution < 1.29 is 4.42 Å². The Morgan fingerprint density at radius 1 is 0.379 bits per heavy atom. The third kappa shape index (κ3) is 4.63. The molecule has 0 fully saturated rings. The van der Waals surface area contributed by atoms with Crippen LogP contribution in [0.2, 0.25) is 0 Å². The van der Waals surface area contributed by atoms with Gasteiger partial charge in [0, 0.05) is 61.3 Å². The summed E-state index contributed by atoms with van der Waals surface area (Å²) in [5, 5.41) is 11.6. The third-order valence-corrected chi connectivity index (χ3v) is 16.5. The minimum Gasteiger partial charge on any atom is -0.456 e. The predicted molar refractivity (Wildman–Crippen MR) is 242 cm³/mol. The lowest BCUT2D eigenvalue weighted by molar-refractivity contribution is 0.669. The largest absolute Gasteiger partial charge is 0.456 e. The van der Waals surface area contributed by atoms with E-state index in [0.29, 0.717) is 0 Å². The summed E-state index contributed by atoms with van der Waals surface area (Å²) in [6.07, 6.45) is 3.84. The summed E-state index contributed by atoms with van der Waals surface area (Å²) < 4.78 is 11.3. The molecule has 0 bridgehead atoms. The van der Waals surface area contributed by atoms with Gasteiger partial charge in [-0.3, -0.25) is 9.97 Å². The molecule has 5 nitrogen and oxygen atoms in total. The molecule has 0 spiro atoms. The fraction of sp³-hybridized carbons (Fsp3) is 0. The zero-order valence-corrected chi connectivity index (χ0v) is 32.3. The van der Waals surface area contributed by atoms with E-state index in [2.05, 4.69) is 185 Å². The van der Waals surface area contributed by atoms with Crippen LogP contribution in [0.5, 0.6) is 0 Å². The topological polar surface area (TPSA) is 48.8 Å². The number of hydrogen-bond donors (Lipinski definition) is 0. The monoisotopic (exact) mass is 758 g/mol. The van der Waals surface area contributed by atoms with Crippen molar-refractivity contribution in [1.29, 1.82) is 0 Å². The van der Waals surface area contributed by atoms with Crippen molar-refractivity contribution in [3.05, 3.63) is 207 Å². The average molecular weight is 759 g/mol. The zero-order chi connectivity index (χ0) is 38.2. The first kappa shape index (κ1) is 32.7. The third-order valence-electron chi connectivity index (χ3n) is 11.9. The van der Waals surface area contributed by atoms with Crippen LogP contribution in [0.25, 0.3) is 76.9 Å². The van der Waals surface area contributed by atoms with E-state index in [1.807, 2.05) is 30.6 Å². The summed E-state index contributed by atoms with van der Waals surface area (Å²) in [5.74, 6) is 0. The lowest BCUT2D eigenvalue weighted by Gasteiger charge is -2.32. The van der Waals surface area contributed by atoms with Crippen LogP contribution in [0.1, 0.15) is 0 Å². The lowest BCUT2D eigenvalue weighted by Crippen LogP contribution is -2.76. The first-order valence-electron chi connectivity index (χ1n) is 19.7. The molecule has 0 aliphatic carbocycles. The van der Waals surface area contributed by atoms with Crippen molar-refractivity contribution in [3.63, 3.8) is 0 Å². The molecule has 0 N–H and O–H groups in total. The van der Waals surface area contributed by atoms with E-state index in [1.54, 1.807) is 0 Å². The van der Waals surface area contributed by atoms with Gasteiger partial charge in [0.15, 0.2) is 0 Å². The van der Waals surface area contributed by atoms with Gasteiger partial charge < -0.3 is 13.6 Å². The van der Waals surface area contributed by atoms with Gasteiger partial charge in [0.25, 0.3) is 0 Å². The number of hydrogen-bond acceptors (Lipinski definition) is 3. The van der Waals surface area contributed by atoms with Crippen molar-refractivity contribution in [2.45, 2.75) is 0 Å². The van der Waals surface area contributed by atoms with Crippen LogP contribution in [0, 0.1) is 0 Å². The van der Waals surface area contributed by atoms with Crippen LogP contribution in [0.3, 0.4) is 0 Å². The van der Waals surface area contributed by atoms with Crippen molar-refractivity contribution >= 4 is 94.6 Å². The highest BCUT2D eigenvalue weighted by Gasteiger charge is 2.44. The summed E-state index contributed by atoms with van der Waals surface area (Å²) in [6, 6.07) is 69.7. The Morgan fingerprint density at radius 2 is 0.948 bits per heavy atom. The van der Waals surface area contributed by atoms with Crippen LogP contribution in [0.15, 0.2) is 211 Å². The Morgan fingerprint density at radius 3 is 1.59 bits per heavy atom. The number of furan rings is 1. The molecule has 0 amide bonds. The van der Waals surface area contributed by atoms with E-state index < -0.39 is 8.07 Å². The summed E-state index contributed by atoms with van der Waals surface area (Å²) in [4.78, 5) is 10.4. The second-order valence-corrected chi connectivity index (χ2v) is 18.6. The van der Waals surface area contributed by atoms with Gasteiger partial charge in [-0.2, -0.15) is 0 Å². The molecule has 0 unspecified atom stereocenters. The molecule has 5 heterocycles. The van der Waals surface area contributed by atoms with Crippen molar-refractivity contribution in [2.75, 3.05) is 0 Å². The van der Waals surface area contributed by atoms with Gasteiger partial charge in [0.2, 0.25) is 8.07 Å². The van der Waals surface area contributed by atoms with Gasteiger partial charge in [0.05, 0.1) is 27.5 Å². The molecule has 0 saturated heterocycles. The van der Waals surface area contributed by atoms with Gasteiger partial charge >= 0.3 is 0 Å². The molecule has 6 heteroatoms. The zero-order valence-electron chi connectivity index (χ0n) is 31.3. The predicted octanol–water partition coefficient (Wildman–Crippen LogP) is 9.95. The summed E-state index contributed by atoms with van der Waals surface area (Å²) >= 11 is 0. The fourth-order valence-corrected chi connectivity index (χ4v) is 13.9. The highest BCUT2D eigenvalue weighted by atomic mass is 28.3. The molecule has 12 rings (SSSR count). The molecule has 12 aromatic rings. The van der Waals surface area contributed by atoms with Gasteiger partial charge in [0.1, 0.15) is 11.2 Å². The number of rotatable bonds is 6. The molecule has 58 heavy (non-hydrogen) atoms. The highest BCUT2D eigenvalue weighted by Crippen LogP contribution is 2.40. The Balaban J connectivity index is 1.14. The van der Waals surface area contributed by atoms with E-state index in [1.165, 1.54) is 43.0 Å². The van der Waals surface area contributed by atoms with Crippen LogP contribution in [-0.2, 0) is 0 Å². The number of aromatic nitrogens is 4. The molecule has 0 saturated carbocycles. The van der Waals surface area contributed by atoms with Gasteiger partial charge in [-0.15, -0.1) is 0 Å². The summed E-state index contributed by atoms with van der Waals surface area (Å²) in [5.41, 5.74) is 8.61. The summed E-state index contributed by atoms with van der Waals surface area (Å²) in [6.45, 7) is 0. The maximum absolute atomic E-state index is 6.46. The smallest absolute Gasteiger partial charge is 0.223 e. The van der Waals surface area contributed by atoms with Crippen molar-refractivity contribution in [2.24, 2.45) is 0 Å². The molecule has 272 valence electrons. The van der Waals surface area contributed by atoms with Crippen LogP contribution in [0.4, 0.5) is 0 Å². The minimum atomic E-state index is -3.14.